The zero-order chi connectivity index (χ0) is 19.8. The Balaban J connectivity index is 2.22. The van der Waals surface area contributed by atoms with Gasteiger partial charge in [-0.1, -0.05) is 0 Å². The Hall–Kier alpha value is -3.40. The third kappa shape index (κ3) is 4.82. The highest BCUT2D eigenvalue weighted by Crippen LogP contribution is 2.38. The molecule has 7 nitrogen and oxygen atoms in total. The Morgan fingerprint density at radius 3 is 2.15 bits per heavy atom. The van der Waals surface area contributed by atoms with Crippen LogP contribution in [0.4, 0.5) is 0 Å². The van der Waals surface area contributed by atoms with Crippen molar-refractivity contribution in [3.63, 3.8) is 0 Å². The number of rotatable bonds is 8. The third-order valence-corrected chi connectivity index (χ3v) is 3.67. The summed E-state index contributed by atoms with van der Waals surface area (Å²) in [5.41, 5.74) is 1.06. The number of hydrogen-bond acceptors (Lipinski definition) is 7. The molecule has 0 atom stereocenters. The lowest BCUT2D eigenvalue weighted by atomic mass is 10.1. The normalized spacial score (nSPS) is 9.89. The lowest BCUT2D eigenvalue weighted by Crippen LogP contribution is -2.12. The lowest BCUT2D eigenvalue weighted by molar-refractivity contribution is -0.133. The van der Waals surface area contributed by atoms with Crippen LogP contribution in [-0.2, 0) is 11.2 Å². The number of methoxy groups -OCH3 is 3. The lowest BCUT2D eigenvalue weighted by Gasteiger charge is -2.14. The highest BCUT2D eigenvalue weighted by Gasteiger charge is 2.17. The molecule has 0 radical (unpaired) electrons. The molecule has 0 heterocycles. The van der Waals surface area contributed by atoms with E-state index in [-0.39, 0.29) is 12.2 Å². The summed E-state index contributed by atoms with van der Waals surface area (Å²) in [6.45, 7) is 2.19. The van der Waals surface area contributed by atoms with Crippen LogP contribution in [0.1, 0.15) is 18.1 Å². The van der Waals surface area contributed by atoms with Crippen molar-refractivity contribution in [2.24, 2.45) is 0 Å². The van der Waals surface area contributed by atoms with Gasteiger partial charge in [-0.3, -0.25) is 4.79 Å². The molecular formula is C20H21NO6. The predicted octanol–water partition coefficient (Wildman–Crippen LogP) is 3.13. The van der Waals surface area contributed by atoms with E-state index in [1.54, 1.807) is 25.1 Å². The van der Waals surface area contributed by atoms with Crippen LogP contribution in [0.15, 0.2) is 30.3 Å². The van der Waals surface area contributed by atoms with Crippen molar-refractivity contribution in [2.45, 2.75) is 13.3 Å². The van der Waals surface area contributed by atoms with Crippen molar-refractivity contribution < 1.29 is 28.5 Å². The van der Waals surface area contributed by atoms with E-state index in [1.807, 2.05) is 6.07 Å². The van der Waals surface area contributed by atoms with Gasteiger partial charge in [-0.2, -0.15) is 5.26 Å². The molecule has 0 N–H and O–H groups in total. The molecular weight excluding hydrogens is 350 g/mol. The zero-order valence-electron chi connectivity index (χ0n) is 15.7. The quantitative estimate of drug-likeness (QED) is 0.520. The standard InChI is InChI=1S/C20H21NO6/c1-5-26-16-8-13(12-21)6-7-15(16)27-19(22)11-14-9-17(23-2)20(25-4)18(10-14)24-3/h6-10H,5,11H2,1-4H3. The Kier molecular flexibility index (Phi) is 6.89. The minimum atomic E-state index is -0.491. The molecule has 0 aromatic heterocycles. The van der Waals surface area contributed by atoms with Gasteiger partial charge in [0.25, 0.3) is 0 Å². The molecule has 2 aromatic rings. The van der Waals surface area contributed by atoms with Crippen LogP contribution in [-0.4, -0.2) is 33.9 Å². The summed E-state index contributed by atoms with van der Waals surface area (Å²) in [6.07, 6.45) is -0.0116. The number of ether oxygens (including phenoxy) is 5. The number of nitriles is 1. The van der Waals surface area contributed by atoms with Crippen LogP contribution in [0.3, 0.4) is 0 Å². The fourth-order valence-corrected chi connectivity index (χ4v) is 2.49. The van der Waals surface area contributed by atoms with E-state index >= 15 is 0 Å². The summed E-state index contributed by atoms with van der Waals surface area (Å²) >= 11 is 0. The predicted molar refractivity (Wildman–Crippen MR) is 97.8 cm³/mol. The van der Waals surface area contributed by atoms with Gasteiger partial charge in [-0.15, -0.1) is 0 Å². The molecule has 142 valence electrons. The second-order valence-corrected chi connectivity index (χ2v) is 5.39. The van der Waals surface area contributed by atoms with Crippen molar-refractivity contribution in [1.29, 1.82) is 5.26 Å². The smallest absolute Gasteiger partial charge is 0.315 e. The van der Waals surface area contributed by atoms with E-state index in [0.717, 1.165) is 0 Å². The number of esters is 1. The maximum Gasteiger partial charge on any atom is 0.315 e. The first-order valence-electron chi connectivity index (χ1n) is 8.22. The molecule has 0 amide bonds. The second kappa shape index (κ2) is 9.34. The van der Waals surface area contributed by atoms with Crippen molar-refractivity contribution >= 4 is 5.97 Å². The van der Waals surface area contributed by atoms with Crippen molar-refractivity contribution in [3.05, 3.63) is 41.5 Å². The van der Waals surface area contributed by atoms with E-state index < -0.39 is 5.97 Å². The van der Waals surface area contributed by atoms with Gasteiger partial charge in [0.2, 0.25) is 5.75 Å². The minimum absolute atomic E-state index is 0.0116. The molecule has 7 heteroatoms. The summed E-state index contributed by atoms with van der Waals surface area (Å²) < 4.78 is 26.7. The summed E-state index contributed by atoms with van der Waals surface area (Å²) in [6, 6.07) is 10.0. The fraction of sp³-hybridized carbons (Fsp3) is 0.300. The Morgan fingerprint density at radius 1 is 0.963 bits per heavy atom. The first-order valence-corrected chi connectivity index (χ1v) is 8.22. The largest absolute Gasteiger partial charge is 0.493 e. The summed E-state index contributed by atoms with van der Waals surface area (Å²) in [5, 5.41) is 8.99. The molecule has 0 saturated heterocycles. The van der Waals surface area contributed by atoms with Crippen molar-refractivity contribution in [3.8, 4) is 34.8 Å². The van der Waals surface area contributed by atoms with Crippen molar-refractivity contribution in [2.75, 3.05) is 27.9 Å². The van der Waals surface area contributed by atoms with Gasteiger partial charge in [0.1, 0.15) is 0 Å². The van der Waals surface area contributed by atoms with Crippen molar-refractivity contribution in [1.82, 2.24) is 0 Å². The fourth-order valence-electron chi connectivity index (χ4n) is 2.49. The number of carbonyl (C=O) groups is 1. The van der Waals surface area contributed by atoms with E-state index in [9.17, 15) is 4.79 Å². The zero-order valence-corrected chi connectivity index (χ0v) is 15.7. The van der Waals surface area contributed by atoms with Crippen LogP contribution in [0.25, 0.3) is 0 Å². The average Bonchev–Trinajstić information content (AvgIpc) is 2.68. The van der Waals surface area contributed by atoms with E-state index in [1.165, 1.54) is 33.5 Å². The monoisotopic (exact) mass is 371 g/mol. The molecule has 0 aliphatic heterocycles. The van der Waals surface area contributed by atoms with Gasteiger partial charge in [0.15, 0.2) is 23.0 Å². The van der Waals surface area contributed by atoms with E-state index in [4.69, 9.17) is 28.9 Å². The molecule has 2 aromatic carbocycles. The molecule has 0 spiro atoms. The van der Waals surface area contributed by atoms with Crippen LogP contribution in [0.5, 0.6) is 28.7 Å². The molecule has 0 unspecified atom stereocenters. The first-order chi connectivity index (χ1) is 13.1. The number of hydrogen-bond donors (Lipinski definition) is 0. The Morgan fingerprint density at radius 2 is 1.63 bits per heavy atom. The maximum atomic E-state index is 12.4. The molecule has 0 bridgehead atoms. The van der Waals surface area contributed by atoms with Crippen LogP contribution < -0.4 is 23.7 Å². The molecule has 2 rings (SSSR count). The highest BCUT2D eigenvalue weighted by atomic mass is 16.6. The van der Waals surface area contributed by atoms with Gasteiger partial charge in [-0.05, 0) is 36.8 Å². The molecule has 0 aliphatic carbocycles. The Labute approximate surface area is 158 Å². The minimum Gasteiger partial charge on any atom is -0.493 e. The first kappa shape index (κ1) is 19.9. The summed E-state index contributed by atoms with van der Waals surface area (Å²) in [5.74, 6) is 1.46. The third-order valence-electron chi connectivity index (χ3n) is 3.67. The summed E-state index contributed by atoms with van der Waals surface area (Å²) in [4.78, 5) is 12.4. The molecule has 27 heavy (non-hydrogen) atoms. The van der Waals surface area contributed by atoms with Crippen LogP contribution in [0.2, 0.25) is 0 Å². The van der Waals surface area contributed by atoms with Gasteiger partial charge in [0.05, 0.1) is 46.0 Å². The summed E-state index contributed by atoms with van der Waals surface area (Å²) in [7, 11) is 4.52. The number of benzene rings is 2. The van der Waals surface area contributed by atoms with Gasteiger partial charge in [-0.25, -0.2) is 0 Å². The van der Waals surface area contributed by atoms with Gasteiger partial charge in [0, 0.05) is 6.07 Å². The SMILES string of the molecule is CCOc1cc(C#N)ccc1OC(=O)Cc1cc(OC)c(OC)c(OC)c1. The van der Waals surface area contributed by atoms with Crippen LogP contribution >= 0.6 is 0 Å². The van der Waals surface area contributed by atoms with E-state index in [0.29, 0.717) is 40.7 Å². The molecule has 0 saturated carbocycles. The van der Waals surface area contributed by atoms with Gasteiger partial charge >= 0.3 is 5.97 Å². The Bertz CT molecular complexity index is 831. The number of carbonyl (C=O) groups excluding carboxylic acids is 1. The highest BCUT2D eigenvalue weighted by molar-refractivity contribution is 5.76. The average molecular weight is 371 g/mol. The molecule has 0 aliphatic rings. The second-order valence-electron chi connectivity index (χ2n) is 5.39. The van der Waals surface area contributed by atoms with E-state index in [2.05, 4.69) is 0 Å². The topological polar surface area (TPSA) is 87.0 Å². The van der Waals surface area contributed by atoms with Crippen LogP contribution in [0, 0.1) is 11.3 Å². The molecule has 0 fully saturated rings. The van der Waals surface area contributed by atoms with Gasteiger partial charge < -0.3 is 23.7 Å². The number of nitrogens with zero attached hydrogens (tertiary/aromatic N) is 1. The maximum absolute atomic E-state index is 12.4.